The third-order valence-electron chi connectivity index (χ3n) is 3.74. The first-order valence-corrected chi connectivity index (χ1v) is 9.34. The van der Waals surface area contributed by atoms with E-state index in [1.807, 2.05) is 31.2 Å². The Bertz CT molecular complexity index is 833. The Hall–Kier alpha value is -2.80. The van der Waals surface area contributed by atoms with E-state index >= 15 is 0 Å². The molecule has 7 heteroatoms. The fourth-order valence-electron chi connectivity index (χ4n) is 2.31. The Labute approximate surface area is 162 Å². The van der Waals surface area contributed by atoms with Crippen LogP contribution in [0.2, 0.25) is 0 Å². The summed E-state index contributed by atoms with van der Waals surface area (Å²) in [4.78, 5) is 35.9. The number of carbonyl (C=O) groups excluding carboxylic acids is 3. The zero-order valence-corrected chi connectivity index (χ0v) is 16.2. The van der Waals surface area contributed by atoms with Gasteiger partial charge in [-0.25, -0.2) is 9.59 Å². The quantitative estimate of drug-likeness (QED) is 0.733. The highest BCUT2D eigenvalue weighted by atomic mass is 32.2. The zero-order valence-electron chi connectivity index (χ0n) is 15.4. The third-order valence-corrected chi connectivity index (χ3v) is 4.75. The van der Waals surface area contributed by atoms with Gasteiger partial charge in [0, 0.05) is 5.75 Å². The summed E-state index contributed by atoms with van der Waals surface area (Å²) in [6.07, 6.45) is 0. The van der Waals surface area contributed by atoms with Gasteiger partial charge in [0.1, 0.15) is 0 Å². The molecule has 1 N–H and O–H groups in total. The van der Waals surface area contributed by atoms with Crippen molar-refractivity contribution < 1.29 is 23.9 Å². The SMILES string of the molecule is COC(=O)c1ccc(C(=O)OC)c(NC(=O)CSCc2ccc(C)cc2)c1. The molecule has 1 amide bonds. The van der Waals surface area contributed by atoms with Gasteiger partial charge in [-0.2, -0.15) is 0 Å². The average Bonchev–Trinajstić information content (AvgIpc) is 2.68. The van der Waals surface area contributed by atoms with Gasteiger partial charge in [-0.05, 0) is 30.7 Å². The first-order valence-electron chi connectivity index (χ1n) is 8.18. The topological polar surface area (TPSA) is 81.7 Å². The maximum atomic E-state index is 12.3. The number of aryl methyl sites for hydroxylation is 1. The molecule has 0 aliphatic rings. The van der Waals surface area contributed by atoms with Crippen LogP contribution in [0.1, 0.15) is 31.8 Å². The Kier molecular flexibility index (Phi) is 7.43. The number of carbonyl (C=O) groups is 3. The Morgan fingerprint density at radius 3 is 2.26 bits per heavy atom. The molecule has 0 bridgehead atoms. The van der Waals surface area contributed by atoms with E-state index in [1.54, 1.807) is 0 Å². The standard InChI is InChI=1S/C20H21NO5S/c1-13-4-6-14(7-5-13)11-27-12-18(22)21-17-10-15(19(23)25-2)8-9-16(17)20(24)26-3/h4-10H,11-12H2,1-3H3,(H,21,22). The highest BCUT2D eigenvalue weighted by Gasteiger charge is 2.17. The van der Waals surface area contributed by atoms with Crippen molar-refractivity contribution in [2.24, 2.45) is 0 Å². The minimum absolute atomic E-state index is 0.169. The molecular weight excluding hydrogens is 366 g/mol. The van der Waals surface area contributed by atoms with Crippen LogP contribution in [0.5, 0.6) is 0 Å². The van der Waals surface area contributed by atoms with E-state index in [9.17, 15) is 14.4 Å². The van der Waals surface area contributed by atoms with Crippen molar-refractivity contribution in [3.8, 4) is 0 Å². The van der Waals surface area contributed by atoms with Crippen molar-refractivity contribution in [3.63, 3.8) is 0 Å². The molecule has 0 spiro atoms. The predicted molar refractivity (Wildman–Crippen MR) is 105 cm³/mol. The van der Waals surface area contributed by atoms with Gasteiger partial charge in [-0.3, -0.25) is 4.79 Å². The Balaban J connectivity index is 2.04. The zero-order chi connectivity index (χ0) is 19.8. The van der Waals surface area contributed by atoms with Gasteiger partial charge in [-0.15, -0.1) is 11.8 Å². The number of amides is 1. The van der Waals surface area contributed by atoms with E-state index in [2.05, 4.69) is 10.1 Å². The summed E-state index contributed by atoms with van der Waals surface area (Å²) in [6.45, 7) is 2.02. The number of hydrogen-bond donors (Lipinski definition) is 1. The number of anilines is 1. The molecule has 6 nitrogen and oxygen atoms in total. The van der Waals surface area contributed by atoms with Gasteiger partial charge >= 0.3 is 11.9 Å². The molecule has 0 saturated carbocycles. The predicted octanol–water partition coefficient (Wildman–Crippen LogP) is 3.44. The van der Waals surface area contributed by atoms with Crippen LogP contribution in [-0.4, -0.2) is 37.8 Å². The van der Waals surface area contributed by atoms with Crippen molar-refractivity contribution in [1.29, 1.82) is 0 Å². The summed E-state index contributed by atoms with van der Waals surface area (Å²) in [5.41, 5.74) is 2.92. The van der Waals surface area contributed by atoms with Crippen LogP contribution in [0, 0.1) is 6.92 Å². The molecule has 0 saturated heterocycles. The van der Waals surface area contributed by atoms with E-state index in [1.165, 1.54) is 49.7 Å². The lowest BCUT2D eigenvalue weighted by Gasteiger charge is -2.11. The van der Waals surface area contributed by atoms with Crippen molar-refractivity contribution in [3.05, 3.63) is 64.7 Å². The van der Waals surface area contributed by atoms with Gasteiger partial charge in [-0.1, -0.05) is 29.8 Å². The van der Waals surface area contributed by atoms with E-state index in [-0.39, 0.29) is 28.5 Å². The average molecular weight is 387 g/mol. The summed E-state index contributed by atoms with van der Waals surface area (Å²) in [7, 11) is 2.51. The van der Waals surface area contributed by atoms with Gasteiger partial charge in [0.25, 0.3) is 0 Å². The summed E-state index contributed by atoms with van der Waals surface area (Å²) >= 11 is 1.45. The molecule has 0 atom stereocenters. The van der Waals surface area contributed by atoms with Crippen LogP contribution in [0.15, 0.2) is 42.5 Å². The molecule has 0 aromatic heterocycles. The second-order valence-electron chi connectivity index (χ2n) is 5.77. The number of methoxy groups -OCH3 is 2. The van der Waals surface area contributed by atoms with Crippen LogP contribution in [0.3, 0.4) is 0 Å². The molecule has 142 valence electrons. The largest absolute Gasteiger partial charge is 0.465 e. The van der Waals surface area contributed by atoms with Gasteiger partial charge in [0.05, 0.1) is 36.8 Å². The summed E-state index contributed by atoms with van der Waals surface area (Å²) < 4.78 is 9.40. The molecule has 2 aromatic rings. The number of thioether (sulfide) groups is 1. The first kappa shape index (κ1) is 20.5. The highest BCUT2D eigenvalue weighted by molar-refractivity contribution is 7.99. The van der Waals surface area contributed by atoms with Crippen LogP contribution in [0.25, 0.3) is 0 Å². The lowest BCUT2D eigenvalue weighted by Crippen LogP contribution is -2.18. The van der Waals surface area contributed by atoms with E-state index in [4.69, 9.17) is 4.74 Å². The fraction of sp³-hybridized carbons (Fsp3) is 0.250. The van der Waals surface area contributed by atoms with Crippen molar-refractivity contribution in [2.75, 3.05) is 25.3 Å². The van der Waals surface area contributed by atoms with Crippen LogP contribution >= 0.6 is 11.8 Å². The number of nitrogens with one attached hydrogen (secondary N) is 1. The Morgan fingerprint density at radius 2 is 1.63 bits per heavy atom. The van der Waals surface area contributed by atoms with Crippen LogP contribution < -0.4 is 5.32 Å². The first-order chi connectivity index (χ1) is 12.9. The number of esters is 2. The molecule has 2 aromatic carbocycles. The number of rotatable bonds is 7. The minimum atomic E-state index is -0.603. The molecule has 0 unspecified atom stereocenters. The van der Waals surface area contributed by atoms with Crippen molar-refractivity contribution >= 4 is 35.3 Å². The van der Waals surface area contributed by atoms with E-state index < -0.39 is 11.9 Å². The molecule has 0 fully saturated rings. The molecule has 0 radical (unpaired) electrons. The van der Waals surface area contributed by atoms with Crippen LogP contribution in [-0.2, 0) is 20.0 Å². The summed E-state index contributed by atoms with van der Waals surface area (Å²) in [5.74, 6) is -0.541. The normalized spacial score (nSPS) is 10.2. The van der Waals surface area contributed by atoms with E-state index in [0.29, 0.717) is 5.75 Å². The number of ether oxygens (including phenoxy) is 2. The number of hydrogen-bond acceptors (Lipinski definition) is 6. The minimum Gasteiger partial charge on any atom is -0.465 e. The van der Waals surface area contributed by atoms with Crippen molar-refractivity contribution in [2.45, 2.75) is 12.7 Å². The maximum absolute atomic E-state index is 12.3. The van der Waals surface area contributed by atoms with Gasteiger partial charge in [0.15, 0.2) is 0 Å². The molecule has 2 rings (SSSR count). The Morgan fingerprint density at radius 1 is 0.963 bits per heavy atom. The monoisotopic (exact) mass is 387 g/mol. The summed E-state index contributed by atoms with van der Waals surface area (Å²) in [5, 5.41) is 2.67. The van der Waals surface area contributed by atoms with Crippen LogP contribution in [0.4, 0.5) is 5.69 Å². The maximum Gasteiger partial charge on any atom is 0.339 e. The molecule has 27 heavy (non-hydrogen) atoms. The lowest BCUT2D eigenvalue weighted by atomic mass is 10.1. The highest BCUT2D eigenvalue weighted by Crippen LogP contribution is 2.21. The third kappa shape index (κ3) is 5.86. The van der Waals surface area contributed by atoms with Gasteiger partial charge < -0.3 is 14.8 Å². The summed E-state index contributed by atoms with van der Waals surface area (Å²) in [6, 6.07) is 12.4. The lowest BCUT2D eigenvalue weighted by molar-refractivity contribution is -0.113. The molecule has 0 heterocycles. The molecule has 0 aliphatic heterocycles. The smallest absolute Gasteiger partial charge is 0.339 e. The fourth-order valence-corrected chi connectivity index (χ4v) is 3.10. The molecular formula is C20H21NO5S. The van der Waals surface area contributed by atoms with E-state index in [0.717, 1.165) is 5.56 Å². The van der Waals surface area contributed by atoms with Gasteiger partial charge in [0.2, 0.25) is 5.91 Å². The number of benzene rings is 2. The second kappa shape index (κ2) is 9.78. The van der Waals surface area contributed by atoms with Crippen molar-refractivity contribution in [1.82, 2.24) is 0 Å². The second-order valence-corrected chi connectivity index (χ2v) is 6.76. The molecule has 0 aliphatic carbocycles.